The van der Waals surface area contributed by atoms with Crippen LogP contribution >= 0.6 is 0 Å². The second-order valence-corrected chi connectivity index (χ2v) is 6.07. The van der Waals surface area contributed by atoms with Crippen molar-refractivity contribution in [2.45, 2.75) is 64.8 Å². The Kier molecular flexibility index (Phi) is 6.12. The highest BCUT2D eigenvalue weighted by Crippen LogP contribution is 2.40. The molecule has 0 saturated heterocycles. The van der Waals surface area contributed by atoms with E-state index in [2.05, 4.69) is 0 Å². The third-order valence-corrected chi connectivity index (χ3v) is 3.79. The number of halogens is 3. The summed E-state index contributed by atoms with van der Waals surface area (Å²) in [6.45, 7) is 7.35. The summed E-state index contributed by atoms with van der Waals surface area (Å²) in [6, 6.07) is -0.564. The maximum Gasteiger partial charge on any atom is 0.393 e. The van der Waals surface area contributed by atoms with E-state index in [1.54, 1.807) is 0 Å². The van der Waals surface area contributed by atoms with E-state index in [0.717, 1.165) is 6.42 Å². The van der Waals surface area contributed by atoms with E-state index in [-0.39, 0.29) is 19.3 Å². The molecule has 19 heavy (non-hydrogen) atoms. The van der Waals surface area contributed by atoms with E-state index in [1.165, 1.54) is 0 Å². The van der Waals surface area contributed by atoms with E-state index in [4.69, 9.17) is 0 Å². The van der Waals surface area contributed by atoms with Gasteiger partial charge in [0.2, 0.25) is 0 Å². The van der Waals surface area contributed by atoms with Crippen LogP contribution in [0.15, 0.2) is 0 Å². The largest absolute Gasteiger partial charge is 0.393 e. The molecule has 0 radical (unpaired) electrons. The first-order valence-electron chi connectivity index (χ1n) is 7.24. The summed E-state index contributed by atoms with van der Waals surface area (Å²) in [4.78, 5) is 1.94. The fraction of sp³-hybridized carbons (Fsp3) is 1.00. The Bertz CT molecular complexity index is 268. The molecule has 0 aromatic rings. The molecule has 0 amide bonds. The number of nitrogens with zero attached hydrogens (tertiary/aromatic N) is 1. The molecule has 0 aromatic carbocycles. The average Bonchev–Trinajstić information content (AvgIpc) is 2.26. The Balaban J connectivity index is 2.86. The number of hydrogen-bond donors (Lipinski definition) is 1. The van der Waals surface area contributed by atoms with Crippen molar-refractivity contribution >= 4 is 0 Å². The van der Waals surface area contributed by atoms with Gasteiger partial charge in [-0.2, -0.15) is 13.2 Å². The highest BCUT2D eigenvalue weighted by molar-refractivity contribution is 4.90. The highest BCUT2D eigenvalue weighted by atomic mass is 19.4. The fourth-order valence-electron chi connectivity index (χ4n) is 3.06. The van der Waals surface area contributed by atoms with Crippen molar-refractivity contribution in [3.8, 4) is 0 Å². The first-order chi connectivity index (χ1) is 8.75. The molecule has 0 heterocycles. The van der Waals surface area contributed by atoms with E-state index in [1.807, 2.05) is 25.7 Å². The standard InChI is InChI=1S/C14H26F3NO/c1-4-7-18(9-10(2)3)13-8-11(19)5-6-12(13)14(15,16)17/h10-13,19H,4-9H2,1-3H3. The van der Waals surface area contributed by atoms with Gasteiger partial charge in [-0.15, -0.1) is 0 Å². The lowest BCUT2D eigenvalue weighted by Gasteiger charge is -2.42. The van der Waals surface area contributed by atoms with Crippen LogP contribution in [-0.4, -0.2) is 41.4 Å². The monoisotopic (exact) mass is 281 g/mol. The van der Waals surface area contributed by atoms with Gasteiger partial charge < -0.3 is 5.11 Å². The summed E-state index contributed by atoms with van der Waals surface area (Å²) in [6.07, 6.45) is -3.35. The van der Waals surface area contributed by atoms with Crippen LogP contribution in [0.25, 0.3) is 0 Å². The van der Waals surface area contributed by atoms with E-state index in [0.29, 0.717) is 19.0 Å². The zero-order valence-corrected chi connectivity index (χ0v) is 12.1. The van der Waals surface area contributed by atoms with Crippen LogP contribution in [0.1, 0.15) is 46.5 Å². The zero-order valence-electron chi connectivity index (χ0n) is 12.1. The lowest BCUT2D eigenvalue weighted by atomic mass is 9.81. The van der Waals surface area contributed by atoms with Crippen molar-refractivity contribution in [3.05, 3.63) is 0 Å². The van der Waals surface area contributed by atoms with Gasteiger partial charge in [0.1, 0.15) is 0 Å². The first-order valence-corrected chi connectivity index (χ1v) is 7.24. The third-order valence-electron chi connectivity index (χ3n) is 3.79. The van der Waals surface area contributed by atoms with Crippen LogP contribution in [0.4, 0.5) is 13.2 Å². The van der Waals surface area contributed by atoms with E-state index in [9.17, 15) is 18.3 Å². The Morgan fingerprint density at radius 3 is 2.37 bits per heavy atom. The molecule has 1 saturated carbocycles. The maximum atomic E-state index is 13.1. The predicted octanol–water partition coefficient (Wildman–Crippen LogP) is 3.45. The molecule has 0 aliphatic heterocycles. The lowest BCUT2D eigenvalue weighted by molar-refractivity contribution is -0.205. The van der Waals surface area contributed by atoms with Crippen molar-refractivity contribution in [1.82, 2.24) is 4.90 Å². The van der Waals surface area contributed by atoms with Crippen molar-refractivity contribution < 1.29 is 18.3 Å². The third kappa shape index (κ3) is 4.95. The fourth-order valence-corrected chi connectivity index (χ4v) is 3.06. The molecule has 3 atom stereocenters. The van der Waals surface area contributed by atoms with Crippen molar-refractivity contribution in [2.24, 2.45) is 11.8 Å². The molecule has 1 N–H and O–H groups in total. The van der Waals surface area contributed by atoms with Gasteiger partial charge >= 0.3 is 6.18 Å². The van der Waals surface area contributed by atoms with Gasteiger partial charge in [0, 0.05) is 12.6 Å². The SMILES string of the molecule is CCCN(CC(C)C)C1CC(O)CCC1C(F)(F)F. The molecular weight excluding hydrogens is 255 g/mol. The molecule has 1 aliphatic carbocycles. The summed E-state index contributed by atoms with van der Waals surface area (Å²) in [5, 5.41) is 9.72. The molecule has 1 rings (SSSR count). The minimum atomic E-state index is -4.16. The molecule has 3 unspecified atom stereocenters. The number of aliphatic hydroxyl groups excluding tert-OH is 1. The van der Waals surface area contributed by atoms with Gasteiger partial charge in [-0.25, -0.2) is 0 Å². The van der Waals surface area contributed by atoms with Gasteiger partial charge in [0.25, 0.3) is 0 Å². The zero-order chi connectivity index (χ0) is 14.6. The normalized spacial score (nSPS) is 29.2. The van der Waals surface area contributed by atoms with Crippen molar-refractivity contribution in [2.75, 3.05) is 13.1 Å². The second-order valence-electron chi connectivity index (χ2n) is 6.07. The van der Waals surface area contributed by atoms with Gasteiger partial charge in [-0.05, 0) is 38.1 Å². The van der Waals surface area contributed by atoms with Crippen LogP contribution in [0.5, 0.6) is 0 Å². The number of rotatable bonds is 5. The highest BCUT2D eigenvalue weighted by Gasteiger charge is 2.48. The minimum absolute atomic E-state index is 0.0492. The molecule has 1 fully saturated rings. The van der Waals surface area contributed by atoms with Crippen molar-refractivity contribution in [3.63, 3.8) is 0 Å². The van der Waals surface area contributed by atoms with Crippen LogP contribution in [0.3, 0.4) is 0 Å². The average molecular weight is 281 g/mol. The Labute approximate surface area is 114 Å². The summed E-state index contributed by atoms with van der Waals surface area (Å²) in [5.74, 6) is -0.958. The smallest absolute Gasteiger partial charge is 0.393 e. The first kappa shape index (κ1) is 16.8. The van der Waals surface area contributed by atoms with Gasteiger partial charge in [0.05, 0.1) is 12.0 Å². The molecule has 0 spiro atoms. The van der Waals surface area contributed by atoms with Gasteiger partial charge in [0.15, 0.2) is 0 Å². The Hall–Kier alpha value is -0.290. The summed E-state index contributed by atoms with van der Waals surface area (Å²) in [5.41, 5.74) is 0. The van der Waals surface area contributed by atoms with Crippen LogP contribution < -0.4 is 0 Å². The molecule has 114 valence electrons. The molecule has 5 heteroatoms. The maximum absolute atomic E-state index is 13.1. The second kappa shape index (κ2) is 6.93. The minimum Gasteiger partial charge on any atom is -0.393 e. The predicted molar refractivity (Wildman–Crippen MR) is 69.9 cm³/mol. The molecule has 0 bridgehead atoms. The molecule has 1 aliphatic rings. The Morgan fingerprint density at radius 1 is 1.26 bits per heavy atom. The van der Waals surface area contributed by atoms with E-state index >= 15 is 0 Å². The summed E-state index contributed by atoms with van der Waals surface area (Å²) < 4.78 is 39.4. The summed E-state index contributed by atoms with van der Waals surface area (Å²) >= 11 is 0. The Morgan fingerprint density at radius 2 is 1.89 bits per heavy atom. The van der Waals surface area contributed by atoms with Gasteiger partial charge in [-0.3, -0.25) is 4.90 Å². The number of alkyl halides is 3. The molecule has 2 nitrogen and oxygen atoms in total. The topological polar surface area (TPSA) is 23.5 Å². The van der Waals surface area contributed by atoms with Crippen LogP contribution in [-0.2, 0) is 0 Å². The van der Waals surface area contributed by atoms with Crippen LogP contribution in [0.2, 0.25) is 0 Å². The molecule has 0 aromatic heterocycles. The lowest BCUT2D eigenvalue weighted by Crippen LogP contribution is -2.51. The van der Waals surface area contributed by atoms with E-state index < -0.39 is 24.2 Å². The summed E-state index contributed by atoms with van der Waals surface area (Å²) in [7, 11) is 0. The van der Waals surface area contributed by atoms with Crippen LogP contribution in [0, 0.1) is 11.8 Å². The quantitative estimate of drug-likeness (QED) is 0.834. The number of aliphatic hydroxyl groups is 1. The number of hydrogen-bond acceptors (Lipinski definition) is 2. The molecular formula is C14H26F3NO. The van der Waals surface area contributed by atoms with Gasteiger partial charge in [-0.1, -0.05) is 20.8 Å². The van der Waals surface area contributed by atoms with Crippen molar-refractivity contribution in [1.29, 1.82) is 0 Å².